The third kappa shape index (κ3) is 7.48. The molecule has 2 aromatic heterocycles. The topological polar surface area (TPSA) is 99.2 Å². The van der Waals surface area contributed by atoms with Crippen LogP contribution in [0, 0.1) is 5.41 Å². The van der Waals surface area contributed by atoms with E-state index in [0.717, 1.165) is 50.9 Å². The van der Waals surface area contributed by atoms with Gasteiger partial charge in [-0.05, 0) is 92.7 Å². The van der Waals surface area contributed by atoms with Gasteiger partial charge in [0.1, 0.15) is 6.10 Å². The van der Waals surface area contributed by atoms with Gasteiger partial charge in [0.2, 0.25) is 17.4 Å². The molecule has 6 rings (SSSR count). The Kier molecular flexibility index (Phi) is 11.6. The summed E-state index contributed by atoms with van der Waals surface area (Å²) in [6, 6.07) is 18.0. The molecule has 2 N–H and O–H groups in total. The maximum atomic E-state index is 13.2. The normalized spacial score (nSPS) is 25.6. The summed E-state index contributed by atoms with van der Waals surface area (Å²) in [4.78, 5) is 43.3. The lowest BCUT2D eigenvalue weighted by Gasteiger charge is -2.54. The number of hydrogen-bond donors (Lipinski definition) is 2. The highest BCUT2D eigenvalue weighted by Crippen LogP contribution is 2.45. The van der Waals surface area contributed by atoms with Crippen molar-refractivity contribution in [1.82, 2.24) is 15.1 Å². The molecule has 8 nitrogen and oxygen atoms in total. The van der Waals surface area contributed by atoms with Crippen molar-refractivity contribution in [3.8, 4) is 0 Å². The van der Waals surface area contributed by atoms with Crippen LogP contribution in [-0.4, -0.2) is 77.6 Å². The lowest BCUT2D eigenvalue weighted by atomic mass is 9.68. The number of ether oxygens (including phenoxy) is 1. The Balaban J connectivity index is 0.000000194. The number of aliphatic hydroxyl groups is 1. The molecule has 4 atom stereocenters. The van der Waals surface area contributed by atoms with E-state index in [-0.39, 0.29) is 23.3 Å². The predicted molar refractivity (Wildman–Crippen MR) is 192 cm³/mol. The van der Waals surface area contributed by atoms with E-state index in [4.69, 9.17) is 4.74 Å². The smallest absolute Gasteiger partial charge is 0.349 e. The summed E-state index contributed by atoms with van der Waals surface area (Å²) in [6.07, 6.45) is 5.64. The van der Waals surface area contributed by atoms with Crippen LogP contribution in [0.15, 0.2) is 65.4 Å². The fraction of sp³-hybridized carbons (Fsp3) is 0.553. The minimum absolute atomic E-state index is 0.142. The fourth-order valence-electron chi connectivity index (χ4n) is 7.81. The SMILES string of the molecule is CCN(CC)CCC1(c2ccccc2)CCC(=O)NC1=O.CN1[C@@H]2CCC(C)(C)[C@H]1C[C@H](OC(=O)C(O)(c1cccs1)c1cccs1)C2. The summed E-state index contributed by atoms with van der Waals surface area (Å²) in [7, 11) is 2.20. The van der Waals surface area contributed by atoms with Gasteiger partial charge in [-0.15, -0.1) is 22.7 Å². The highest BCUT2D eigenvalue weighted by molar-refractivity contribution is 7.12. The standard InChI is InChI=1S/C21H27NO3S2.C17H24N2O2/c1-20(2)9-8-14-12-15(13-16(20)22(14)3)25-19(23)21(24,17-6-4-10-26-17)18-7-5-11-27-18;1-3-19(4-2)13-12-17(14-8-6-5-7-9-14)11-10-15(20)18-16(17)21/h4-7,10-11,14-16,24H,8-9,12-13H2,1-3H3;5-9H,3-4,10-13H2,1-2H3,(H,18,20,21)/t14-,15-,16-;/m1./s1. The molecule has 3 aliphatic rings. The van der Waals surface area contributed by atoms with Gasteiger partial charge in [-0.25, -0.2) is 4.79 Å². The Labute approximate surface area is 293 Å². The molecule has 0 saturated carbocycles. The molecule has 0 radical (unpaired) electrons. The van der Waals surface area contributed by atoms with Crippen molar-refractivity contribution in [2.24, 2.45) is 5.41 Å². The quantitative estimate of drug-likeness (QED) is 0.189. The number of amides is 2. The molecule has 48 heavy (non-hydrogen) atoms. The molecule has 2 bridgehead atoms. The van der Waals surface area contributed by atoms with Crippen LogP contribution in [0.3, 0.4) is 0 Å². The second-order valence-electron chi connectivity index (χ2n) is 14.1. The summed E-state index contributed by atoms with van der Waals surface area (Å²) in [5.41, 5.74) is -1.05. The number of carbonyl (C=O) groups excluding carboxylic acids is 3. The second kappa shape index (κ2) is 15.3. The highest BCUT2D eigenvalue weighted by atomic mass is 32.1. The number of fused-ring (bicyclic) bond motifs is 2. The van der Waals surface area contributed by atoms with E-state index >= 15 is 0 Å². The number of piperidine rings is 3. The fourth-order valence-corrected chi connectivity index (χ4v) is 9.52. The maximum absolute atomic E-state index is 13.2. The zero-order valence-electron chi connectivity index (χ0n) is 28.9. The first-order valence-electron chi connectivity index (χ1n) is 17.3. The van der Waals surface area contributed by atoms with E-state index in [1.807, 2.05) is 53.2 Å². The van der Waals surface area contributed by atoms with E-state index in [9.17, 15) is 19.5 Å². The Morgan fingerprint density at radius 1 is 1.00 bits per heavy atom. The predicted octanol–water partition coefficient (Wildman–Crippen LogP) is 6.33. The van der Waals surface area contributed by atoms with Crippen LogP contribution >= 0.6 is 22.7 Å². The minimum Gasteiger partial charge on any atom is -0.460 e. The number of esters is 1. The minimum atomic E-state index is -1.71. The third-order valence-corrected chi connectivity index (χ3v) is 12.9. The lowest BCUT2D eigenvalue weighted by Crippen LogP contribution is -2.59. The molecule has 0 spiro atoms. The van der Waals surface area contributed by atoms with E-state index in [1.54, 1.807) is 12.1 Å². The van der Waals surface area contributed by atoms with Gasteiger partial charge in [0.25, 0.3) is 0 Å². The van der Waals surface area contributed by atoms with Gasteiger partial charge in [0.15, 0.2) is 0 Å². The van der Waals surface area contributed by atoms with Gasteiger partial charge >= 0.3 is 5.97 Å². The van der Waals surface area contributed by atoms with Crippen LogP contribution in [0.4, 0.5) is 0 Å². The number of nitrogens with zero attached hydrogens (tertiary/aromatic N) is 2. The second-order valence-corrected chi connectivity index (χ2v) is 16.0. The van der Waals surface area contributed by atoms with Crippen molar-refractivity contribution < 1.29 is 24.2 Å². The molecule has 3 aliphatic heterocycles. The lowest BCUT2D eigenvalue weighted by molar-refractivity contribution is -0.175. The Morgan fingerprint density at radius 2 is 1.65 bits per heavy atom. The molecule has 1 aromatic carbocycles. The van der Waals surface area contributed by atoms with E-state index in [1.165, 1.54) is 29.1 Å². The van der Waals surface area contributed by atoms with Crippen LogP contribution in [0.2, 0.25) is 0 Å². The number of rotatable bonds is 10. The molecule has 2 amide bonds. The molecule has 3 aromatic rings. The van der Waals surface area contributed by atoms with Crippen LogP contribution < -0.4 is 5.32 Å². The van der Waals surface area contributed by atoms with Crippen molar-refractivity contribution >= 4 is 40.5 Å². The largest absolute Gasteiger partial charge is 0.460 e. The van der Waals surface area contributed by atoms with Crippen molar-refractivity contribution in [2.75, 3.05) is 26.7 Å². The average molecular weight is 694 g/mol. The Morgan fingerprint density at radius 3 is 2.21 bits per heavy atom. The summed E-state index contributed by atoms with van der Waals surface area (Å²) in [5.74, 6) is -0.843. The molecule has 5 heterocycles. The Hall–Kier alpha value is -2.89. The summed E-state index contributed by atoms with van der Waals surface area (Å²) in [5, 5.41) is 17.7. The first-order chi connectivity index (χ1) is 22.9. The number of nitrogens with one attached hydrogen (secondary N) is 1. The monoisotopic (exact) mass is 693 g/mol. The zero-order valence-corrected chi connectivity index (χ0v) is 30.6. The molecule has 3 fully saturated rings. The van der Waals surface area contributed by atoms with Gasteiger partial charge in [-0.2, -0.15) is 0 Å². The van der Waals surface area contributed by atoms with Crippen LogP contribution in [-0.2, 0) is 30.1 Å². The number of benzene rings is 1. The van der Waals surface area contributed by atoms with E-state index in [0.29, 0.717) is 34.7 Å². The first-order valence-corrected chi connectivity index (χ1v) is 19.1. The Bertz CT molecular complexity index is 1470. The molecular formula is C38H51N3O5S2. The van der Waals surface area contributed by atoms with Crippen molar-refractivity contribution in [2.45, 2.75) is 102 Å². The number of imide groups is 1. The van der Waals surface area contributed by atoms with Gasteiger partial charge in [0.05, 0.1) is 15.2 Å². The van der Waals surface area contributed by atoms with Gasteiger partial charge in [0, 0.05) is 24.9 Å². The van der Waals surface area contributed by atoms with Crippen molar-refractivity contribution in [3.63, 3.8) is 0 Å². The number of hydrogen-bond acceptors (Lipinski definition) is 9. The van der Waals surface area contributed by atoms with Gasteiger partial charge in [-0.1, -0.05) is 70.2 Å². The number of thiophene rings is 2. The summed E-state index contributed by atoms with van der Waals surface area (Å²) < 4.78 is 5.98. The van der Waals surface area contributed by atoms with Gasteiger partial charge < -0.3 is 14.7 Å². The van der Waals surface area contributed by atoms with E-state index in [2.05, 4.69) is 49.9 Å². The zero-order chi connectivity index (χ0) is 34.5. The highest BCUT2D eigenvalue weighted by Gasteiger charge is 2.49. The molecule has 0 aliphatic carbocycles. The first kappa shape index (κ1) is 36.4. The van der Waals surface area contributed by atoms with Crippen molar-refractivity contribution in [3.05, 3.63) is 80.7 Å². The van der Waals surface area contributed by atoms with Crippen LogP contribution in [0.5, 0.6) is 0 Å². The molecule has 3 saturated heterocycles. The van der Waals surface area contributed by atoms with Gasteiger partial charge in [-0.3, -0.25) is 19.8 Å². The molecule has 10 heteroatoms. The van der Waals surface area contributed by atoms with Crippen LogP contribution in [0.1, 0.15) is 88.0 Å². The van der Waals surface area contributed by atoms with Crippen molar-refractivity contribution in [1.29, 1.82) is 0 Å². The molecule has 1 unspecified atom stereocenters. The average Bonchev–Trinajstić information content (AvgIpc) is 3.82. The van der Waals surface area contributed by atoms with Crippen LogP contribution in [0.25, 0.3) is 0 Å². The summed E-state index contributed by atoms with van der Waals surface area (Å²) >= 11 is 2.77. The number of carbonyl (C=O) groups is 3. The molecule has 260 valence electrons. The maximum Gasteiger partial charge on any atom is 0.349 e. The third-order valence-electron chi connectivity index (χ3n) is 11.0. The van der Waals surface area contributed by atoms with E-state index < -0.39 is 17.0 Å². The molecular weight excluding hydrogens is 643 g/mol. The summed E-state index contributed by atoms with van der Waals surface area (Å²) in [6.45, 7) is 11.7.